The summed E-state index contributed by atoms with van der Waals surface area (Å²) < 4.78 is 24.0. The molecule has 1 heterocycles. The van der Waals surface area contributed by atoms with Crippen LogP contribution in [0, 0.1) is 5.82 Å². The summed E-state index contributed by atoms with van der Waals surface area (Å²) in [6.07, 6.45) is 0.999. The van der Waals surface area contributed by atoms with Crippen LogP contribution in [0.25, 0.3) is 11.3 Å². The second kappa shape index (κ2) is 8.29. The lowest BCUT2D eigenvalue weighted by atomic mass is 10.1. The molecule has 26 heavy (non-hydrogen) atoms. The molecule has 5 nitrogen and oxygen atoms in total. The first-order chi connectivity index (χ1) is 12.7. The highest BCUT2D eigenvalue weighted by Gasteiger charge is 2.11. The van der Waals surface area contributed by atoms with Gasteiger partial charge in [-0.2, -0.15) is 0 Å². The smallest absolute Gasteiger partial charge is 0.220 e. The summed E-state index contributed by atoms with van der Waals surface area (Å²) in [6, 6.07) is 15.5. The lowest BCUT2D eigenvalue weighted by Gasteiger charge is -2.04. The molecule has 0 unspecified atom stereocenters. The van der Waals surface area contributed by atoms with Gasteiger partial charge in [0.25, 0.3) is 0 Å². The van der Waals surface area contributed by atoms with Crippen LogP contribution in [-0.4, -0.2) is 18.2 Å². The molecule has 0 radical (unpaired) electrons. The normalized spacial score (nSPS) is 10.5. The Labute approximate surface area is 150 Å². The van der Waals surface area contributed by atoms with E-state index in [1.165, 1.54) is 6.07 Å². The van der Waals surface area contributed by atoms with E-state index in [-0.39, 0.29) is 18.3 Å². The highest BCUT2D eigenvalue weighted by atomic mass is 19.1. The Hall–Kier alpha value is -3.15. The summed E-state index contributed by atoms with van der Waals surface area (Å²) in [5.41, 5.74) is 1.95. The second-order valence-electron chi connectivity index (χ2n) is 5.79. The summed E-state index contributed by atoms with van der Waals surface area (Å²) in [5.74, 6) is 0.662. The van der Waals surface area contributed by atoms with Crippen molar-refractivity contribution in [1.82, 2.24) is 10.5 Å². The van der Waals surface area contributed by atoms with Crippen LogP contribution >= 0.6 is 0 Å². The molecule has 0 fully saturated rings. The van der Waals surface area contributed by atoms with Crippen molar-refractivity contribution in [1.29, 1.82) is 0 Å². The van der Waals surface area contributed by atoms with Crippen molar-refractivity contribution in [3.63, 3.8) is 0 Å². The topological polar surface area (TPSA) is 64.4 Å². The van der Waals surface area contributed by atoms with Crippen LogP contribution in [0.1, 0.15) is 17.7 Å². The molecule has 0 aliphatic carbocycles. The predicted octanol–water partition coefficient (Wildman–Crippen LogP) is 3.74. The van der Waals surface area contributed by atoms with Crippen molar-refractivity contribution in [3.05, 3.63) is 71.7 Å². The Balaban J connectivity index is 1.49. The van der Waals surface area contributed by atoms with Gasteiger partial charge in [-0.15, -0.1) is 0 Å². The van der Waals surface area contributed by atoms with Crippen LogP contribution in [0.2, 0.25) is 0 Å². The fraction of sp³-hybridized carbons (Fsp3) is 0.200. The monoisotopic (exact) mass is 354 g/mol. The van der Waals surface area contributed by atoms with Crippen LogP contribution in [0.5, 0.6) is 5.75 Å². The number of aromatic nitrogens is 1. The zero-order valence-corrected chi connectivity index (χ0v) is 14.4. The van der Waals surface area contributed by atoms with Gasteiger partial charge in [0.05, 0.1) is 19.2 Å². The molecule has 1 amide bonds. The van der Waals surface area contributed by atoms with Gasteiger partial charge >= 0.3 is 0 Å². The molecule has 3 rings (SSSR count). The number of benzene rings is 2. The Morgan fingerprint density at radius 1 is 1.19 bits per heavy atom. The summed E-state index contributed by atoms with van der Waals surface area (Å²) in [6.45, 7) is 0.236. The van der Waals surface area contributed by atoms with Crippen LogP contribution in [0.15, 0.2) is 59.1 Å². The number of nitrogens with zero attached hydrogens (tertiary/aromatic N) is 1. The van der Waals surface area contributed by atoms with Crippen molar-refractivity contribution in [2.75, 3.05) is 7.11 Å². The fourth-order valence-corrected chi connectivity index (χ4v) is 2.51. The van der Waals surface area contributed by atoms with Crippen LogP contribution in [0.4, 0.5) is 4.39 Å². The molecular weight excluding hydrogens is 335 g/mol. The molecule has 6 heteroatoms. The van der Waals surface area contributed by atoms with E-state index < -0.39 is 0 Å². The minimum Gasteiger partial charge on any atom is -0.497 e. The van der Waals surface area contributed by atoms with Gasteiger partial charge in [-0.1, -0.05) is 29.4 Å². The van der Waals surface area contributed by atoms with E-state index in [1.54, 1.807) is 31.4 Å². The second-order valence-corrected chi connectivity index (χ2v) is 5.79. The highest BCUT2D eigenvalue weighted by molar-refractivity contribution is 5.76. The van der Waals surface area contributed by atoms with E-state index >= 15 is 0 Å². The SMILES string of the molecule is COc1ccc(CCC(=O)NCc2cc(-c3ccccc3F)on2)cc1. The number of carbonyl (C=O) groups is 1. The maximum atomic E-state index is 13.7. The summed E-state index contributed by atoms with van der Waals surface area (Å²) in [5, 5.41) is 6.66. The average molecular weight is 354 g/mol. The van der Waals surface area contributed by atoms with E-state index in [2.05, 4.69) is 10.5 Å². The molecule has 0 saturated carbocycles. The Kier molecular flexibility index (Phi) is 5.63. The minimum absolute atomic E-state index is 0.0868. The quantitative estimate of drug-likeness (QED) is 0.702. The number of halogens is 1. The Morgan fingerprint density at radius 2 is 1.96 bits per heavy atom. The number of ether oxygens (including phenoxy) is 1. The standard InChI is InChI=1S/C20H19FN2O3/c1-25-16-9-6-14(7-10-16)8-11-20(24)22-13-15-12-19(26-23-15)17-4-2-3-5-18(17)21/h2-7,9-10,12H,8,11,13H2,1H3,(H,22,24). The molecule has 2 aromatic carbocycles. The molecule has 0 saturated heterocycles. The lowest BCUT2D eigenvalue weighted by molar-refractivity contribution is -0.121. The summed E-state index contributed by atoms with van der Waals surface area (Å²) in [4.78, 5) is 12.0. The molecule has 1 aromatic heterocycles. The molecule has 134 valence electrons. The third-order valence-corrected chi connectivity index (χ3v) is 3.96. The molecule has 3 aromatic rings. The van der Waals surface area contributed by atoms with Gasteiger partial charge in [-0.3, -0.25) is 4.79 Å². The molecule has 0 aliphatic heterocycles. The van der Waals surface area contributed by atoms with E-state index in [9.17, 15) is 9.18 Å². The number of nitrogens with one attached hydrogen (secondary N) is 1. The van der Waals surface area contributed by atoms with Gasteiger partial charge in [0.1, 0.15) is 17.3 Å². The molecular formula is C20H19FN2O3. The number of aryl methyl sites for hydroxylation is 1. The Bertz CT molecular complexity index is 875. The van der Waals surface area contributed by atoms with Crippen molar-refractivity contribution >= 4 is 5.91 Å². The fourth-order valence-electron chi connectivity index (χ4n) is 2.51. The van der Waals surface area contributed by atoms with Crippen LogP contribution in [-0.2, 0) is 17.8 Å². The molecule has 0 spiro atoms. The lowest BCUT2D eigenvalue weighted by Crippen LogP contribution is -2.23. The third-order valence-electron chi connectivity index (χ3n) is 3.96. The Morgan fingerprint density at radius 3 is 2.69 bits per heavy atom. The van der Waals surface area contributed by atoms with Crippen LogP contribution in [0.3, 0.4) is 0 Å². The molecule has 0 atom stereocenters. The summed E-state index contributed by atoms with van der Waals surface area (Å²) >= 11 is 0. The van der Waals surface area contributed by atoms with Crippen molar-refractivity contribution in [3.8, 4) is 17.1 Å². The summed E-state index contributed by atoms with van der Waals surface area (Å²) in [7, 11) is 1.62. The number of hydrogen-bond donors (Lipinski definition) is 1. The average Bonchev–Trinajstić information content (AvgIpc) is 3.14. The first kappa shape index (κ1) is 17.7. The van der Waals surface area contributed by atoms with Gasteiger partial charge < -0.3 is 14.6 Å². The zero-order valence-electron chi connectivity index (χ0n) is 14.4. The first-order valence-corrected chi connectivity index (χ1v) is 8.26. The maximum absolute atomic E-state index is 13.7. The molecule has 0 aliphatic rings. The largest absolute Gasteiger partial charge is 0.497 e. The minimum atomic E-state index is -0.376. The number of amides is 1. The van der Waals surface area contributed by atoms with E-state index in [0.29, 0.717) is 29.9 Å². The number of hydrogen-bond acceptors (Lipinski definition) is 4. The van der Waals surface area contributed by atoms with Gasteiger partial charge in [-0.25, -0.2) is 4.39 Å². The van der Waals surface area contributed by atoms with Gasteiger partial charge in [-0.05, 0) is 36.2 Å². The van der Waals surface area contributed by atoms with E-state index in [0.717, 1.165) is 11.3 Å². The first-order valence-electron chi connectivity index (χ1n) is 8.26. The van der Waals surface area contributed by atoms with Gasteiger partial charge in [0.2, 0.25) is 5.91 Å². The van der Waals surface area contributed by atoms with Crippen molar-refractivity contribution < 1.29 is 18.4 Å². The van der Waals surface area contributed by atoms with Crippen LogP contribution < -0.4 is 10.1 Å². The molecule has 1 N–H and O–H groups in total. The number of carbonyl (C=O) groups excluding carboxylic acids is 1. The maximum Gasteiger partial charge on any atom is 0.220 e. The highest BCUT2D eigenvalue weighted by Crippen LogP contribution is 2.23. The van der Waals surface area contributed by atoms with E-state index in [1.807, 2.05) is 24.3 Å². The van der Waals surface area contributed by atoms with Crippen molar-refractivity contribution in [2.45, 2.75) is 19.4 Å². The zero-order chi connectivity index (χ0) is 18.4. The van der Waals surface area contributed by atoms with Gasteiger partial charge in [0, 0.05) is 12.5 Å². The predicted molar refractivity (Wildman–Crippen MR) is 95.1 cm³/mol. The van der Waals surface area contributed by atoms with Gasteiger partial charge in [0.15, 0.2) is 5.76 Å². The number of methoxy groups -OCH3 is 1. The van der Waals surface area contributed by atoms with E-state index in [4.69, 9.17) is 9.26 Å². The molecule has 0 bridgehead atoms. The third kappa shape index (κ3) is 4.47. The number of rotatable bonds is 7. The van der Waals surface area contributed by atoms with Crippen molar-refractivity contribution in [2.24, 2.45) is 0 Å².